The Bertz CT molecular complexity index is 1070. The number of aliphatic carboxylic acids is 1. The number of nitrogens with one attached hydrogen (secondary N) is 4. The topological polar surface area (TPSA) is 192 Å². The molecule has 11 heteroatoms. The normalized spacial score (nSPS) is 14.5. The van der Waals surface area contributed by atoms with E-state index in [-0.39, 0.29) is 25.2 Å². The van der Waals surface area contributed by atoms with E-state index in [1.807, 2.05) is 38.1 Å². The fourth-order valence-corrected chi connectivity index (χ4v) is 4.03. The first-order chi connectivity index (χ1) is 17.5. The molecule has 0 saturated heterocycles. The maximum Gasteiger partial charge on any atom is 0.326 e. The number of nitrogens with two attached hydrogens (primary N) is 2. The largest absolute Gasteiger partial charge is 0.480 e. The summed E-state index contributed by atoms with van der Waals surface area (Å²) in [5, 5.41) is 18.4. The van der Waals surface area contributed by atoms with Crippen molar-refractivity contribution in [1.82, 2.24) is 20.9 Å². The maximum atomic E-state index is 13.4. The number of H-pyrrole nitrogens is 1. The average molecular weight is 517 g/mol. The van der Waals surface area contributed by atoms with Crippen LogP contribution in [0.4, 0.5) is 0 Å². The van der Waals surface area contributed by atoms with Crippen molar-refractivity contribution in [2.24, 2.45) is 17.4 Å². The Hall–Kier alpha value is -3.44. The van der Waals surface area contributed by atoms with Gasteiger partial charge in [-0.05, 0) is 56.7 Å². The van der Waals surface area contributed by atoms with Crippen molar-refractivity contribution < 1.29 is 24.3 Å². The number of para-hydroxylation sites is 1. The zero-order valence-corrected chi connectivity index (χ0v) is 21.8. The van der Waals surface area contributed by atoms with Gasteiger partial charge in [-0.15, -0.1) is 0 Å². The molecule has 1 aromatic carbocycles. The summed E-state index contributed by atoms with van der Waals surface area (Å²) in [7, 11) is 0. The minimum Gasteiger partial charge on any atom is -0.480 e. The molecule has 2 rings (SSSR count). The number of fused-ring (bicyclic) bond motifs is 1. The second-order valence-electron chi connectivity index (χ2n) is 9.79. The molecule has 4 unspecified atom stereocenters. The van der Waals surface area contributed by atoms with Gasteiger partial charge in [-0.2, -0.15) is 0 Å². The van der Waals surface area contributed by atoms with Crippen LogP contribution in [-0.4, -0.2) is 64.5 Å². The van der Waals surface area contributed by atoms with E-state index in [9.17, 15) is 24.3 Å². The van der Waals surface area contributed by atoms with Crippen LogP contribution >= 0.6 is 0 Å². The Morgan fingerprint density at radius 3 is 2.16 bits per heavy atom. The van der Waals surface area contributed by atoms with Crippen LogP contribution in [0.25, 0.3) is 10.9 Å². The molecule has 0 aliphatic heterocycles. The van der Waals surface area contributed by atoms with Crippen LogP contribution in [-0.2, 0) is 25.6 Å². The molecule has 0 spiro atoms. The van der Waals surface area contributed by atoms with Crippen LogP contribution < -0.4 is 27.4 Å². The lowest BCUT2D eigenvalue weighted by atomic mass is 10.0. The lowest BCUT2D eigenvalue weighted by Gasteiger charge is -2.25. The third-order valence-corrected chi connectivity index (χ3v) is 6.05. The smallest absolute Gasteiger partial charge is 0.326 e. The van der Waals surface area contributed by atoms with Gasteiger partial charge < -0.3 is 37.5 Å². The van der Waals surface area contributed by atoms with E-state index in [0.29, 0.717) is 19.4 Å². The molecule has 0 saturated carbocycles. The van der Waals surface area contributed by atoms with E-state index in [4.69, 9.17) is 11.5 Å². The molecule has 2 aromatic rings. The van der Waals surface area contributed by atoms with Gasteiger partial charge in [0, 0.05) is 23.5 Å². The fraction of sp³-hybridized carbons (Fsp3) is 0.538. The number of carboxylic acids is 1. The SMILES string of the molecule is CC(C)CC(NC(=O)C(CCCCN)NC(=O)C(Cc1c[nH]c2ccccc12)NC(=O)C(C)N)C(=O)O. The number of aromatic nitrogens is 1. The van der Waals surface area contributed by atoms with Gasteiger partial charge in [0.15, 0.2) is 0 Å². The lowest BCUT2D eigenvalue weighted by Crippen LogP contribution is -2.57. The summed E-state index contributed by atoms with van der Waals surface area (Å²) < 4.78 is 0. The third kappa shape index (κ3) is 9.18. The molecule has 0 radical (unpaired) electrons. The Labute approximate surface area is 217 Å². The molecule has 0 aliphatic rings. The second-order valence-corrected chi connectivity index (χ2v) is 9.79. The zero-order chi connectivity index (χ0) is 27.5. The molecular formula is C26H40N6O5. The van der Waals surface area contributed by atoms with E-state index in [1.165, 1.54) is 6.92 Å². The van der Waals surface area contributed by atoms with E-state index in [1.54, 1.807) is 6.20 Å². The molecule has 0 aliphatic carbocycles. The van der Waals surface area contributed by atoms with Gasteiger partial charge >= 0.3 is 5.97 Å². The van der Waals surface area contributed by atoms with Gasteiger partial charge in [-0.25, -0.2) is 4.79 Å². The van der Waals surface area contributed by atoms with Crippen molar-refractivity contribution >= 4 is 34.6 Å². The minimum atomic E-state index is -1.14. The summed E-state index contributed by atoms with van der Waals surface area (Å²) in [5.74, 6) is -2.77. The minimum absolute atomic E-state index is 0.0423. The summed E-state index contributed by atoms with van der Waals surface area (Å²) >= 11 is 0. The highest BCUT2D eigenvalue weighted by molar-refractivity contribution is 5.94. The first-order valence-electron chi connectivity index (χ1n) is 12.7. The number of aromatic amines is 1. The van der Waals surface area contributed by atoms with Crippen LogP contribution in [0.15, 0.2) is 30.5 Å². The molecule has 1 heterocycles. The Morgan fingerprint density at radius 1 is 0.919 bits per heavy atom. The van der Waals surface area contributed by atoms with E-state index in [0.717, 1.165) is 16.5 Å². The quantitative estimate of drug-likeness (QED) is 0.170. The molecule has 9 N–H and O–H groups in total. The van der Waals surface area contributed by atoms with E-state index < -0.39 is 47.9 Å². The van der Waals surface area contributed by atoms with Crippen molar-refractivity contribution in [1.29, 1.82) is 0 Å². The zero-order valence-electron chi connectivity index (χ0n) is 21.8. The molecule has 1 aromatic heterocycles. The molecule has 11 nitrogen and oxygen atoms in total. The Balaban J connectivity index is 2.26. The first-order valence-corrected chi connectivity index (χ1v) is 12.7. The average Bonchev–Trinajstić information content (AvgIpc) is 3.24. The van der Waals surface area contributed by atoms with Gasteiger partial charge in [-0.3, -0.25) is 14.4 Å². The number of unbranched alkanes of at least 4 members (excludes halogenated alkanes) is 1. The highest BCUT2D eigenvalue weighted by Crippen LogP contribution is 2.19. The van der Waals surface area contributed by atoms with E-state index >= 15 is 0 Å². The Kier molecular flexibility index (Phi) is 11.5. The summed E-state index contributed by atoms with van der Waals surface area (Å²) in [6.45, 7) is 5.65. The summed E-state index contributed by atoms with van der Waals surface area (Å²) in [4.78, 5) is 53.7. The van der Waals surface area contributed by atoms with E-state index in [2.05, 4.69) is 20.9 Å². The summed E-state index contributed by atoms with van der Waals surface area (Å²) in [6, 6.07) is 3.66. The molecule has 0 bridgehead atoms. The molecular weight excluding hydrogens is 476 g/mol. The summed E-state index contributed by atoms with van der Waals surface area (Å²) in [6.07, 6.45) is 3.64. The number of amides is 3. The number of carbonyl (C=O) groups is 4. The van der Waals surface area contributed by atoms with Crippen molar-refractivity contribution in [3.05, 3.63) is 36.0 Å². The maximum absolute atomic E-state index is 13.4. The number of hydrogen-bond donors (Lipinski definition) is 7. The van der Waals surface area contributed by atoms with Gasteiger partial charge in [0.2, 0.25) is 17.7 Å². The fourth-order valence-electron chi connectivity index (χ4n) is 4.03. The van der Waals surface area contributed by atoms with Crippen LogP contribution in [0.3, 0.4) is 0 Å². The monoisotopic (exact) mass is 516 g/mol. The number of benzene rings is 1. The molecule has 4 atom stereocenters. The first kappa shape index (κ1) is 29.8. The van der Waals surface area contributed by atoms with Gasteiger partial charge in [-0.1, -0.05) is 32.0 Å². The van der Waals surface area contributed by atoms with Gasteiger partial charge in [0.1, 0.15) is 18.1 Å². The predicted molar refractivity (Wildman–Crippen MR) is 141 cm³/mol. The Morgan fingerprint density at radius 2 is 1.54 bits per heavy atom. The predicted octanol–water partition coefficient (Wildman–Crippen LogP) is 0.772. The van der Waals surface area contributed by atoms with Crippen molar-refractivity contribution in [2.75, 3.05) is 6.54 Å². The molecule has 3 amide bonds. The standard InChI is InChI=1S/C26H40N6O5/c1-15(2)12-22(26(36)37)32-24(34)20(10-6-7-11-27)30-25(35)21(31-23(33)16(3)28)13-17-14-29-19-9-5-4-8-18(17)19/h4-5,8-9,14-16,20-22,29H,6-7,10-13,27-28H2,1-3H3,(H,30,35)(H,31,33)(H,32,34)(H,36,37). The number of rotatable bonds is 15. The lowest BCUT2D eigenvalue weighted by molar-refractivity contribution is -0.142. The van der Waals surface area contributed by atoms with Crippen molar-refractivity contribution in [2.45, 2.75) is 77.0 Å². The van der Waals surface area contributed by atoms with Crippen molar-refractivity contribution in [3.8, 4) is 0 Å². The third-order valence-electron chi connectivity index (χ3n) is 6.05. The molecule has 204 valence electrons. The molecule has 37 heavy (non-hydrogen) atoms. The second kappa shape index (κ2) is 14.3. The van der Waals surface area contributed by atoms with Gasteiger partial charge in [0.05, 0.1) is 6.04 Å². The van der Waals surface area contributed by atoms with Crippen LogP contribution in [0.1, 0.15) is 52.0 Å². The number of carbonyl (C=O) groups excluding carboxylic acids is 3. The van der Waals surface area contributed by atoms with Crippen LogP contribution in [0.5, 0.6) is 0 Å². The highest BCUT2D eigenvalue weighted by Gasteiger charge is 2.30. The highest BCUT2D eigenvalue weighted by atomic mass is 16.4. The summed E-state index contributed by atoms with van der Waals surface area (Å²) in [5.41, 5.74) is 13.0. The van der Waals surface area contributed by atoms with Crippen LogP contribution in [0, 0.1) is 5.92 Å². The van der Waals surface area contributed by atoms with Crippen molar-refractivity contribution in [3.63, 3.8) is 0 Å². The number of hydrogen-bond acceptors (Lipinski definition) is 6. The molecule has 0 fully saturated rings. The van der Waals surface area contributed by atoms with Crippen LogP contribution in [0.2, 0.25) is 0 Å². The number of carboxylic acid groups (broad SMARTS) is 1. The van der Waals surface area contributed by atoms with Gasteiger partial charge in [0.25, 0.3) is 0 Å².